The topological polar surface area (TPSA) is 38.0 Å². The van der Waals surface area contributed by atoms with Crippen molar-refractivity contribution in [3.8, 4) is 0 Å². The van der Waals surface area contributed by atoms with Crippen LogP contribution in [0.15, 0.2) is 24.3 Å². The fourth-order valence-corrected chi connectivity index (χ4v) is 1.86. The molecule has 1 aromatic rings. The summed E-state index contributed by atoms with van der Waals surface area (Å²) >= 11 is 0. The van der Waals surface area contributed by atoms with Crippen LogP contribution in [-0.2, 0) is 6.42 Å². The summed E-state index contributed by atoms with van der Waals surface area (Å²) in [6, 6.07) is 7.10. The number of hydrogen-bond donors (Lipinski definition) is 2. The molecule has 3 N–H and O–H groups in total. The van der Waals surface area contributed by atoms with E-state index in [4.69, 9.17) is 5.84 Å². The minimum Gasteiger partial charge on any atom is -0.271 e. The maximum Gasteiger partial charge on any atom is 0.389 e. The molecule has 0 amide bonds. The summed E-state index contributed by atoms with van der Waals surface area (Å²) in [7, 11) is 0. The largest absolute Gasteiger partial charge is 0.389 e. The van der Waals surface area contributed by atoms with Gasteiger partial charge in [0, 0.05) is 12.5 Å². The van der Waals surface area contributed by atoms with Crippen molar-refractivity contribution in [2.75, 3.05) is 0 Å². The van der Waals surface area contributed by atoms with Gasteiger partial charge in [0.05, 0.1) is 0 Å². The van der Waals surface area contributed by atoms with Crippen molar-refractivity contribution in [2.45, 2.75) is 44.8 Å². The molecule has 0 spiro atoms. The van der Waals surface area contributed by atoms with Gasteiger partial charge in [0.25, 0.3) is 0 Å². The van der Waals surface area contributed by atoms with Gasteiger partial charge in [0.1, 0.15) is 0 Å². The molecule has 0 aromatic heterocycles. The van der Waals surface area contributed by atoms with E-state index >= 15 is 0 Å². The minimum absolute atomic E-state index is 0.0485. The standard InChI is InChI=1S/C13H19F3N2/c1-2-3-10-4-6-11(7-5-10)12(18-17)8-9-13(14,15)16/h4-7,12,18H,2-3,8-9,17H2,1H3. The molecular formula is C13H19F3N2. The molecule has 0 fully saturated rings. The average molecular weight is 260 g/mol. The predicted molar refractivity (Wildman–Crippen MR) is 65.8 cm³/mol. The molecule has 18 heavy (non-hydrogen) atoms. The number of benzene rings is 1. The molecule has 0 aliphatic rings. The number of nitrogens with one attached hydrogen (secondary N) is 1. The number of rotatable bonds is 6. The zero-order chi connectivity index (χ0) is 13.6. The number of hydrazine groups is 1. The minimum atomic E-state index is -4.14. The quantitative estimate of drug-likeness (QED) is 0.607. The smallest absolute Gasteiger partial charge is 0.271 e. The molecule has 0 saturated carbocycles. The van der Waals surface area contributed by atoms with Gasteiger partial charge in [0.2, 0.25) is 0 Å². The lowest BCUT2D eigenvalue weighted by Crippen LogP contribution is -2.29. The molecule has 102 valence electrons. The van der Waals surface area contributed by atoms with Crippen LogP contribution in [0.1, 0.15) is 43.4 Å². The van der Waals surface area contributed by atoms with Crippen LogP contribution in [0, 0.1) is 0 Å². The normalized spacial score (nSPS) is 13.6. The van der Waals surface area contributed by atoms with Gasteiger partial charge in [-0.15, -0.1) is 0 Å². The molecule has 0 aliphatic carbocycles. The van der Waals surface area contributed by atoms with Gasteiger partial charge >= 0.3 is 6.18 Å². The zero-order valence-electron chi connectivity index (χ0n) is 10.4. The van der Waals surface area contributed by atoms with Crippen molar-refractivity contribution in [2.24, 2.45) is 5.84 Å². The monoisotopic (exact) mass is 260 g/mol. The highest BCUT2D eigenvalue weighted by atomic mass is 19.4. The Kier molecular flexibility index (Phi) is 5.62. The van der Waals surface area contributed by atoms with Crippen LogP contribution in [0.4, 0.5) is 13.2 Å². The second-order valence-electron chi connectivity index (χ2n) is 4.36. The summed E-state index contributed by atoms with van der Waals surface area (Å²) in [6.07, 6.45) is -3.00. The Labute approximate surface area is 105 Å². The first-order chi connectivity index (χ1) is 8.46. The molecule has 0 saturated heterocycles. The summed E-state index contributed by atoms with van der Waals surface area (Å²) in [6.45, 7) is 2.08. The third kappa shape index (κ3) is 5.06. The van der Waals surface area contributed by atoms with Crippen LogP contribution in [-0.4, -0.2) is 6.18 Å². The lowest BCUT2D eigenvalue weighted by atomic mass is 10.00. The van der Waals surface area contributed by atoms with Crippen molar-refractivity contribution in [1.29, 1.82) is 0 Å². The van der Waals surface area contributed by atoms with E-state index in [1.807, 2.05) is 24.3 Å². The van der Waals surface area contributed by atoms with Gasteiger partial charge in [-0.3, -0.25) is 11.3 Å². The summed E-state index contributed by atoms with van der Waals surface area (Å²) < 4.78 is 36.5. The van der Waals surface area contributed by atoms with Crippen molar-refractivity contribution in [3.05, 3.63) is 35.4 Å². The van der Waals surface area contributed by atoms with Gasteiger partial charge in [-0.2, -0.15) is 13.2 Å². The van der Waals surface area contributed by atoms with Gasteiger partial charge in [-0.05, 0) is 24.0 Å². The van der Waals surface area contributed by atoms with E-state index in [0.717, 1.165) is 18.4 Å². The second kappa shape index (κ2) is 6.75. The molecule has 2 nitrogen and oxygen atoms in total. The van der Waals surface area contributed by atoms with Gasteiger partial charge in [0.15, 0.2) is 0 Å². The van der Waals surface area contributed by atoms with E-state index in [0.29, 0.717) is 0 Å². The Bertz CT molecular complexity index is 346. The highest BCUT2D eigenvalue weighted by Crippen LogP contribution is 2.27. The first-order valence-corrected chi connectivity index (χ1v) is 6.08. The van der Waals surface area contributed by atoms with E-state index in [2.05, 4.69) is 12.3 Å². The van der Waals surface area contributed by atoms with Crippen molar-refractivity contribution >= 4 is 0 Å². The van der Waals surface area contributed by atoms with Crippen LogP contribution in [0.3, 0.4) is 0 Å². The van der Waals surface area contributed by atoms with Crippen LogP contribution in [0.25, 0.3) is 0 Å². The van der Waals surface area contributed by atoms with Crippen LogP contribution >= 0.6 is 0 Å². The highest BCUT2D eigenvalue weighted by Gasteiger charge is 2.28. The summed E-state index contributed by atoms with van der Waals surface area (Å²) in [4.78, 5) is 0. The summed E-state index contributed by atoms with van der Waals surface area (Å²) in [5.74, 6) is 5.31. The number of halogens is 3. The molecule has 0 heterocycles. The van der Waals surface area contributed by atoms with E-state index in [-0.39, 0.29) is 6.42 Å². The second-order valence-corrected chi connectivity index (χ2v) is 4.36. The Morgan fingerprint density at radius 1 is 1.22 bits per heavy atom. The SMILES string of the molecule is CCCc1ccc(C(CCC(F)(F)F)NN)cc1. The first kappa shape index (κ1) is 15.0. The molecule has 1 unspecified atom stereocenters. The van der Waals surface area contributed by atoms with E-state index in [9.17, 15) is 13.2 Å². The maximum absolute atomic E-state index is 12.2. The summed E-state index contributed by atoms with van der Waals surface area (Å²) in [5.41, 5.74) is 4.42. The first-order valence-electron chi connectivity index (χ1n) is 6.08. The number of aryl methyl sites for hydroxylation is 1. The molecule has 1 atom stereocenters. The van der Waals surface area contributed by atoms with Crippen LogP contribution in [0.5, 0.6) is 0 Å². The zero-order valence-corrected chi connectivity index (χ0v) is 10.4. The fraction of sp³-hybridized carbons (Fsp3) is 0.538. The molecule has 0 aliphatic heterocycles. The molecule has 1 aromatic carbocycles. The maximum atomic E-state index is 12.2. The van der Waals surface area contributed by atoms with E-state index in [1.165, 1.54) is 5.56 Å². The van der Waals surface area contributed by atoms with Gasteiger partial charge < -0.3 is 0 Å². The Morgan fingerprint density at radius 2 is 1.83 bits per heavy atom. The van der Waals surface area contributed by atoms with Crippen molar-refractivity contribution < 1.29 is 13.2 Å². The molecule has 0 radical (unpaired) electrons. The Hall–Kier alpha value is -1.07. The molecule has 1 rings (SSSR count). The van der Waals surface area contributed by atoms with Gasteiger partial charge in [-0.25, -0.2) is 0 Å². The van der Waals surface area contributed by atoms with Crippen LogP contribution < -0.4 is 11.3 Å². The van der Waals surface area contributed by atoms with E-state index < -0.39 is 18.6 Å². The predicted octanol–water partition coefficient (Wildman–Crippen LogP) is 3.49. The number of nitrogens with two attached hydrogens (primary N) is 1. The third-order valence-corrected chi connectivity index (χ3v) is 2.84. The lowest BCUT2D eigenvalue weighted by molar-refractivity contribution is -0.136. The molecule has 5 heteroatoms. The van der Waals surface area contributed by atoms with Crippen LogP contribution in [0.2, 0.25) is 0 Å². The Balaban J connectivity index is 2.64. The van der Waals surface area contributed by atoms with Crippen molar-refractivity contribution in [1.82, 2.24) is 5.43 Å². The van der Waals surface area contributed by atoms with Gasteiger partial charge in [-0.1, -0.05) is 37.6 Å². The van der Waals surface area contributed by atoms with E-state index in [1.54, 1.807) is 0 Å². The molecular weight excluding hydrogens is 241 g/mol. The van der Waals surface area contributed by atoms with Crippen molar-refractivity contribution in [3.63, 3.8) is 0 Å². The number of hydrogen-bond acceptors (Lipinski definition) is 2. The number of alkyl halides is 3. The molecule has 0 bridgehead atoms. The average Bonchev–Trinajstić information content (AvgIpc) is 2.31. The fourth-order valence-electron chi connectivity index (χ4n) is 1.86. The lowest BCUT2D eigenvalue weighted by Gasteiger charge is -2.17. The third-order valence-electron chi connectivity index (χ3n) is 2.84. The highest BCUT2D eigenvalue weighted by molar-refractivity contribution is 5.25. The Morgan fingerprint density at radius 3 is 2.28 bits per heavy atom. The summed E-state index contributed by atoms with van der Waals surface area (Å²) in [5, 5.41) is 0.